The first-order valence-electron chi connectivity index (χ1n) is 7.66. The van der Waals surface area contributed by atoms with Crippen LogP contribution in [-0.4, -0.2) is 61.3 Å². The Balaban J connectivity index is 5.23. The summed E-state index contributed by atoms with van der Waals surface area (Å²) in [7, 11) is -6.46. The van der Waals surface area contributed by atoms with Crippen molar-refractivity contribution in [3.63, 3.8) is 0 Å². The van der Waals surface area contributed by atoms with Gasteiger partial charge in [0.2, 0.25) is 0 Å². The van der Waals surface area contributed by atoms with Crippen LogP contribution in [0, 0.1) is 0 Å². The number of hydrogen-bond donors (Lipinski definition) is 1. The Bertz CT molecular complexity index is 692. The molecule has 0 aliphatic rings. The Labute approximate surface area is 160 Å². The van der Waals surface area contributed by atoms with Crippen molar-refractivity contribution in [1.29, 1.82) is 0 Å². The molecule has 8 nitrogen and oxygen atoms in total. The summed E-state index contributed by atoms with van der Waals surface area (Å²) in [5.41, 5.74) is 0. The molecular weight excluding hydrogens is 449 g/mol. The molecule has 0 radical (unpaired) electrons. The zero-order valence-electron chi connectivity index (χ0n) is 14.9. The average molecular weight is 466 g/mol. The maximum atomic E-state index is 13.3. The van der Waals surface area contributed by atoms with Crippen molar-refractivity contribution in [3.8, 4) is 0 Å². The first-order valence-corrected chi connectivity index (χ1v) is 9.10. The van der Waals surface area contributed by atoms with Gasteiger partial charge in [-0.1, -0.05) is 0 Å². The zero-order valence-corrected chi connectivity index (χ0v) is 15.7. The molecule has 1 N–H and O–H groups in total. The van der Waals surface area contributed by atoms with Crippen molar-refractivity contribution < 1.29 is 67.5 Å². The molecule has 29 heavy (non-hydrogen) atoms. The lowest BCUT2D eigenvalue weighted by Gasteiger charge is -2.31. The number of alkyl halides is 7. The van der Waals surface area contributed by atoms with Gasteiger partial charge in [0, 0.05) is 13.3 Å². The SMILES string of the molecule is CCOC(=O)C(OCCCCC(F)(F)C(F)(F)S(=O)(=O)O)(OC(C)=O)C(F)(F)F. The molecule has 0 aromatic rings. The fraction of sp³-hybridized carbons (Fsp3) is 0.846. The van der Waals surface area contributed by atoms with Gasteiger partial charge in [-0.2, -0.15) is 39.2 Å². The Kier molecular flexibility index (Phi) is 8.88. The van der Waals surface area contributed by atoms with E-state index in [9.17, 15) is 48.7 Å². The first-order chi connectivity index (χ1) is 12.9. The minimum atomic E-state index is -6.46. The standard InChI is InChI=1S/C13H17F7O8S/c1-3-26-9(22)11(12(16,17)18,28-8(2)21)27-7-5-4-6-10(14,15)13(19,20)29(23,24)25/h3-7H2,1-2H3,(H,23,24,25). The summed E-state index contributed by atoms with van der Waals surface area (Å²) in [6, 6.07) is 0. The number of hydrogen-bond acceptors (Lipinski definition) is 7. The van der Waals surface area contributed by atoms with E-state index in [1.165, 1.54) is 0 Å². The molecule has 0 aliphatic carbocycles. The third-order valence-corrected chi connectivity index (χ3v) is 4.09. The molecule has 0 aliphatic heterocycles. The summed E-state index contributed by atoms with van der Waals surface area (Å²) in [6.07, 6.45) is -9.35. The summed E-state index contributed by atoms with van der Waals surface area (Å²) < 4.78 is 134. The lowest BCUT2D eigenvalue weighted by atomic mass is 10.1. The number of esters is 2. The van der Waals surface area contributed by atoms with Crippen molar-refractivity contribution in [3.05, 3.63) is 0 Å². The van der Waals surface area contributed by atoms with Crippen LogP contribution in [0.4, 0.5) is 30.7 Å². The second kappa shape index (κ2) is 9.42. The molecule has 1 unspecified atom stereocenters. The van der Waals surface area contributed by atoms with E-state index in [0.29, 0.717) is 6.92 Å². The molecule has 0 heterocycles. The lowest BCUT2D eigenvalue weighted by Crippen LogP contribution is -2.58. The Morgan fingerprint density at radius 1 is 1.00 bits per heavy atom. The van der Waals surface area contributed by atoms with E-state index in [0.717, 1.165) is 6.92 Å². The van der Waals surface area contributed by atoms with Gasteiger partial charge in [0.05, 0.1) is 13.2 Å². The van der Waals surface area contributed by atoms with Gasteiger partial charge in [-0.15, -0.1) is 0 Å². The normalized spacial score (nSPS) is 15.5. The first kappa shape index (κ1) is 27.3. The minimum absolute atomic E-state index is 0.515. The molecule has 0 aromatic carbocycles. The van der Waals surface area contributed by atoms with E-state index in [2.05, 4.69) is 14.2 Å². The lowest BCUT2D eigenvalue weighted by molar-refractivity contribution is -0.355. The monoisotopic (exact) mass is 466 g/mol. The van der Waals surface area contributed by atoms with Crippen molar-refractivity contribution >= 4 is 22.1 Å². The van der Waals surface area contributed by atoms with Gasteiger partial charge in [-0.3, -0.25) is 9.35 Å². The van der Waals surface area contributed by atoms with Crippen LogP contribution >= 0.6 is 0 Å². The van der Waals surface area contributed by atoms with Crippen LogP contribution in [0.5, 0.6) is 0 Å². The van der Waals surface area contributed by atoms with Gasteiger partial charge in [0.1, 0.15) is 0 Å². The van der Waals surface area contributed by atoms with Crippen LogP contribution in [0.1, 0.15) is 33.1 Å². The van der Waals surface area contributed by atoms with Crippen LogP contribution in [0.2, 0.25) is 0 Å². The van der Waals surface area contributed by atoms with E-state index in [-0.39, 0.29) is 0 Å². The number of ether oxygens (including phenoxy) is 3. The van der Waals surface area contributed by atoms with Crippen LogP contribution in [0.25, 0.3) is 0 Å². The van der Waals surface area contributed by atoms with E-state index >= 15 is 0 Å². The minimum Gasteiger partial charge on any atom is -0.461 e. The highest BCUT2D eigenvalue weighted by molar-refractivity contribution is 7.87. The highest BCUT2D eigenvalue weighted by Crippen LogP contribution is 2.42. The maximum absolute atomic E-state index is 13.3. The van der Waals surface area contributed by atoms with Crippen molar-refractivity contribution in [2.24, 2.45) is 0 Å². The van der Waals surface area contributed by atoms with E-state index < -0.39 is 77.7 Å². The van der Waals surface area contributed by atoms with Crippen molar-refractivity contribution in [1.82, 2.24) is 0 Å². The Morgan fingerprint density at radius 2 is 1.52 bits per heavy atom. The second-order valence-corrected chi connectivity index (χ2v) is 6.89. The van der Waals surface area contributed by atoms with Gasteiger partial charge in [0.15, 0.2) is 0 Å². The van der Waals surface area contributed by atoms with Gasteiger partial charge in [-0.05, 0) is 19.8 Å². The van der Waals surface area contributed by atoms with E-state index in [1.54, 1.807) is 0 Å². The Morgan fingerprint density at radius 3 is 1.90 bits per heavy atom. The summed E-state index contributed by atoms with van der Waals surface area (Å²) in [5, 5.41) is -5.83. The third kappa shape index (κ3) is 6.40. The second-order valence-electron chi connectivity index (χ2n) is 5.43. The summed E-state index contributed by atoms with van der Waals surface area (Å²) in [5.74, 6) is -13.2. The van der Waals surface area contributed by atoms with Gasteiger partial charge in [-0.25, -0.2) is 4.79 Å². The van der Waals surface area contributed by atoms with Crippen LogP contribution in [-0.2, 0) is 33.9 Å². The molecule has 0 aromatic heterocycles. The van der Waals surface area contributed by atoms with Crippen LogP contribution < -0.4 is 0 Å². The Hall–Kier alpha value is -1.68. The van der Waals surface area contributed by atoms with Crippen molar-refractivity contribution in [2.75, 3.05) is 13.2 Å². The highest BCUT2D eigenvalue weighted by Gasteiger charge is 2.68. The number of carbonyl (C=O) groups is 2. The molecule has 0 fully saturated rings. The average Bonchev–Trinajstić information content (AvgIpc) is 2.50. The topological polar surface area (TPSA) is 116 Å². The quantitative estimate of drug-likeness (QED) is 0.163. The number of carbonyl (C=O) groups excluding carboxylic acids is 2. The maximum Gasteiger partial charge on any atom is 0.468 e. The van der Waals surface area contributed by atoms with E-state index in [4.69, 9.17) is 4.55 Å². The molecule has 0 amide bonds. The van der Waals surface area contributed by atoms with Crippen LogP contribution in [0.3, 0.4) is 0 Å². The van der Waals surface area contributed by atoms with Crippen LogP contribution in [0.15, 0.2) is 0 Å². The molecule has 1 atom stereocenters. The van der Waals surface area contributed by atoms with Gasteiger partial charge in [0.25, 0.3) is 0 Å². The molecule has 0 spiro atoms. The molecule has 16 heteroatoms. The highest BCUT2D eigenvalue weighted by atomic mass is 32.2. The third-order valence-electron chi connectivity index (χ3n) is 3.15. The van der Waals surface area contributed by atoms with Gasteiger partial charge >= 0.3 is 45.2 Å². The van der Waals surface area contributed by atoms with Gasteiger partial charge < -0.3 is 14.2 Å². The number of rotatable bonds is 11. The summed E-state index contributed by atoms with van der Waals surface area (Å²) >= 11 is 0. The predicted molar refractivity (Wildman–Crippen MR) is 78.4 cm³/mol. The van der Waals surface area contributed by atoms with E-state index in [1.807, 2.05) is 0 Å². The molecule has 0 saturated carbocycles. The molecule has 0 rings (SSSR count). The summed E-state index contributed by atoms with van der Waals surface area (Å²) in [6.45, 7) is -0.122. The fourth-order valence-electron chi connectivity index (χ4n) is 1.81. The largest absolute Gasteiger partial charge is 0.468 e. The number of unbranched alkanes of at least 4 members (excludes halogenated alkanes) is 1. The molecule has 0 saturated heterocycles. The molecule has 0 bridgehead atoms. The zero-order chi connectivity index (χ0) is 23.3. The molecule has 172 valence electrons. The molecular formula is C13H17F7O8S. The smallest absolute Gasteiger partial charge is 0.461 e. The number of halogens is 7. The summed E-state index contributed by atoms with van der Waals surface area (Å²) in [4.78, 5) is 22.6. The van der Waals surface area contributed by atoms with Crippen molar-refractivity contribution in [2.45, 2.75) is 56.3 Å². The predicted octanol–water partition coefficient (Wildman–Crippen LogP) is 2.67. The fourth-order valence-corrected chi connectivity index (χ4v) is 2.29.